The van der Waals surface area contributed by atoms with Gasteiger partial charge in [-0.25, -0.2) is 4.98 Å². The van der Waals surface area contributed by atoms with E-state index in [1.807, 2.05) is 0 Å². The van der Waals surface area contributed by atoms with Gasteiger partial charge in [-0.2, -0.15) is 4.37 Å². The molecule has 0 aliphatic rings. The molecule has 1 rings (SSSR count). The topological polar surface area (TPSA) is 51.8 Å². The van der Waals surface area contributed by atoms with Crippen LogP contribution >= 0.6 is 11.5 Å². The maximum Gasteiger partial charge on any atom is 0.142 e. The van der Waals surface area contributed by atoms with E-state index in [4.69, 9.17) is 5.73 Å². The molecule has 1 heterocycles. The van der Waals surface area contributed by atoms with Crippen LogP contribution in [0.25, 0.3) is 0 Å². The Balaban J connectivity index is 2.53. The summed E-state index contributed by atoms with van der Waals surface area (Å²) in [5.74, 6) is 1.45. The Bertz CT molecular complexity index is 257. The average molecular weight is 199 g/mol. The van der Waals surface area contributed by atoms with E-state index in [1.54, 1.807) is 0 Å². The number of hydrogen-bond acceptors (Lipinski definition) is 4. The van der Waals surface area contributed by atoms with Crippen LogP contribution in [0.15, 0.2) is 0 Å². The van der Waals surface area contributed by atoms with Gasteiger partial charge in [0.15, 0.2) is 0 Å². The lowest BCUT2D eigenvalue weighted by molar-refractivity contribution is 0.489. The molecular weight excluding hydrogens is 182 g/mol. The molecule has 0 aliphatic heterocycles. The van der Waals surface area contributed by atoms with E-state index in [1.165, 1.54) is 11.5 Å². The lowest BCUT2D eigenvalue weighted by Crippen LogP contribution is -2.28. The Hall–Kier alpha value is -0.480. The number of aryl methyl sites for hydroxylation is 1. The summed E-state index contributed by atoms with van der Waals surface area (Å²) < 4.78 is 4.22. The van der Waals surface area contributed by atoms with Gasteiger partial charge in [-0.1, -0.05) is 20.8 Å². The van der Waals surface area contributed by atoms with Crippen molar-refractivity contribution in [2.45, 2.75) is 39.7 Å². The van der Waals surface area contributed by atoms with Gasteiger partial charge in [0.2, 0.25) is 0 Å². The molecule has 3 nitrogen and oxygen atoms in total. The molecule has 0 bridgehead atoms. The molecule has 1 atom stereocenters. The van der Waals surface area contributed by atoms with Crippen molar-refractivity contribution in [3.63, 3.8) is 0 Å². The molecule has 4 heteroatoms. The second-order valence-electron chi connectivity index (χ2n) is 3.57. The Morgan fingerprint density at radius 1 is 1.46 bits per heavy atom. The van der Waals surface area contributed by atoms with Gasteiger partial charge in [0.1, 0.15) is 10.8 Å². The van der Waals surface area contributed by atoms with Crippen molar-refractivity contribution in [3.8, 4) is 0 Å². The van der Waals surface area contributed by atoms with E-state index in [-0.39, 0.29) is 6.04 Å². The predicted octanol–water partition coefficient (Wildman–Crippen LogP) is 1.63. The number of aromatic nitrogens is 2. The van der Waals surface area contributed by atoms with E-state index < -0.39 is 0 Å². The summed E-state index contributed by atoms with van der Waals surface area (Å²) in [5.41, 5.74) is 5.94. The van der Waals surface area contributed by atoms with Crippen LogP contribution < -0.4 is 5.73 Å². The number of nitrogens with zero attached hydrogens (tertiary/aromatic N) is 2. The second-order valence-corrected chi connectivity index (χ2v) is 4.41. The van der Waals surface area contributed by atoms with Crippen LogP contribution in [0, 0.1) is 5.92 Å². The minimum Gasteiger partial charge on any atom is -0.327 e. The molecule has 0 saturated heterocycles. The van der Waals surface area contributed by atoms with E-state index in [0.717, 1.165) is 23.7 Å². The van der Waals surface area contributed by atoms with Gasteiger partial charge in [-0.05, 0) is 17.5 Å². The quantitative estimate of drug-likeness (QED) is 0.801. The van der Waals surface area contributed by atoms with Crippen molar-refractivity contribution in [3.05, 3.63) is 10.8 Å². The van der Waals surface area contributed by atoms with Crippen LogP contribution in [0.2, 0.25) is 0 Å². The van der Waals surface area contributed by atoms with Crippen molar-refractivity contribution >= 4 is 11.5 Å². The summed E-state index contributed by atoms with van der Waals surface area (Å²) >= 11 is 1.48. The SMILES string of the molecule is CCc1nsc(CC(N)C(C)C)n1. The smallest absolute Gasteiger partial charge is 0.142 e. The summed E-state index contributed by atoms with van der Waals surface area (Å²) in [6.45, 7) is 6.33. The van der Waals surface area contributed by atoms with Crippen molar-refractivity contribution in [1.29, 1.82) is 0 Å². The Morgan fingerprint density at radius 3 is 2.62 bits per heavy atom. The standard InChI is InChI=1S/C9H17N3S/c1-4-8-11-9(13-12-8)5-7(10)6(2)3/h6-7H,4-5,10H2,1-3H3. The maximum atomic E-state index is 5.94. The first-order valence-electron chi connectivity index (χ1n) is 4.70. The van der Waals surface area contributed by atoms with Crippen molar-refractivity contribution in [2.75, 3.05) is 0 Å². The normalized spacial score (nSPS) is 13.6. The summed E-state index contributed by atoms with van der Waals surface area (Å²) in [7, 11) is 0. The first-order valence-corrected chi connectivity index (χ1v) is 5.47. The molecular formula is C9H17N3S. The van der Waals surface area contributed by atoms with E-state index in [9.17, 15) is 0 Å². The fourth-order valence-corrected chi connectivity index (χ4v) is 1.75. The lowest BCUT2D eigenvalue weighted by Gasteiger charge is -2.12. The van der Waals surface area contributed by atoms with Crippen LogP contribution in [0.5, 0.6) is 0 Å². The fraction of sp³-hybridized carbons (Fsp3) is 0.778. The van der Waals surface area contributed by atoms with Crippen molar-refractivity contribution in [2.24, 2.45) is 11.7 Å². The highest BCUT2D eigenvalue weighted by atomic mass is 32.1. The number of rotatable bonds is 4. The molecule has 0 fully saturated rings. The van der Waals surface area contributed by atoms with Gasteiger partial charge in [0.25, 0.3) is 0 Å². The van der Waals surface area contributed by atoms with Crippen LogP contribution in [0.3, 0.4) is 0 Å². The molecule has 0 amide bonds. The average Bonchev–Trinajstić information content (AvgIpc) is 2.52. The first kappa shape index (κ1) is 10.6. The zero-order chi connectivity index (χ0) is 9.84. The minimum atomic E-state index is 0.206. The number of nitrogens with two attached hydrogens (primary N) is 1. The van der Waals surface area contributed by atoms with Gasteiger partial charge in [-0.3, -0.25) is 0 Å². The van der Waals surface area contributed by atoms with Crippen LogP contribution in [-0.2, 0) is 12.8 Å². The highest BCUT2D eigenvalue weighted by molar-refractivity contribution is 7.05. The third-order valence-corrected chi connectivity index (χ3v) is 2.86. The van der Waals surface area contributed by atoms with Crippen LogP contribution in [-0.4, -0.2) is 15.4 Å². The van der Waals surface area contributed by atoms with Gasteiger partial charge in [0.05, 0.1) is 0 Å². The molecule has 1 aromatic heterocycles. The van der Waals surface area contributed by atoms with Gasteiger partial charge >= 0.3 is 0 Å². The zero-order valence-corrected chi connectivity index (χ0v) is 9.27. The molecule has 1 unspecified atom stereocenters. The van der Waals surface area contributed by atoms with E-state index in [2.05, 4.69) is 30.1 Å². The summed E-state index contributed by atoms with van der Waals surface area (Å²) in [4.78, 5) is 4.38. The molecule has 0 aromatic carbocycles. The molecule has 74 valence electrons. The third kappa shape index (κ3) is 3.04. The minimum absolute atomic E-state index is 0.206. The number of hydrogen-bond donors (Lipinski definition) is 1. The third-order valence-electron chi connectivity index (χ3n) is 2.09. The van der Waals surface area contributed by atoms with Crippen molar-refractivity contribution in [1.82, 2.24) is 9.36 Å². The largest absolute Gasteiger partial charge is 0.327 e. The summed E-state index contributed by atoms with van der Waals surface area (Å²) in [6, 6.07) is 0.206. The Labute approximate surface area is 83.5 Å². The first-order chi connectivity index (χ1) is 6.13. The molecule has 0 spiro atoms. The van der Waals surface area contributed by atoms with Gasteiger partial charge in [-0.15, -0.1) is 0 Å². The molecule has 1 aromatic rings. The molecule has 2 N–H and O–H groups in total. The van der Waals surface area contributed by atoms with Gasteiger partial charge < -0.3 is 5.73 Å². The predicted molar refractivity (Wildman–Crippen MR) is 55.8 cm³/mol. The zero-order valence-electron chi connectivity index (χ0n) is 8.45. The lowest BCUT2D eigenvalue weighted by atomic mass is 10.0. The maximum absolute atomic E-state index is 5.94. The Morgan fingerprint density at radius 2 is 2.15 bits per heavy atom. The highest BCUT2D eigenvalue weighted by Crippen LogP contribution is 2.10. The Kier molecular flexibility index (Phi) is 3.81. The van der Waals surface area contributed by atoms with Gasteiger partial charge in [0, 0.05) is 18.9 Å². The molecule has 13 heavy (non-hydrogen) atoms. The summed E-state index contributed by atoms with van der Waals surface area (Å²) in [5, 5.41) is 1.07. The van der Waals surface area contributed by atoms with Crippen LogP contribution in [0.4, 0.5) is 0 Å². The highest BCUT2D eigenvalue weighted by Gasteiger charge is 2.11. The molecule has 0 saturated carbocycles. The monoisotopic (exact) mass is 199 g/mol. The second kappa shape index (κ2) is 4.67. The molecule has 0 radical (unpaired) electrons. The van der Waals surface area contributed by atoms with E-state index >= 15 is 0 Å². The summed E-state index contributed by atoms with van der Waals surface area (Å²) in [6.07, 6.45) is 1.77. The van der Waals surface area contributed by atoms with E-state index in [0.29, 0.717) is 5.92 Å². The molecule has 0 aliphatic carbocycles. The van der Waals surface area contributed by atoms with Crippen molar-refractivity contribution < 1.29 is 0 Å². The van der Waals surface area contributed by atoms with Crippen LogP contribution in [0.1, 0.15) is 31.6 Å². The fourth-order valence-electron chi connectivity index (χ4n) is 0.954.